The van der Waals surface area contributed by atoms with E-state index in [1.54, 1.807) is 37.4 Å². The van der Waals surface area contributed by atoms with Crippen molar-refractivity contribution >= 4 is 39.1 Å². The van der Waals surface area contributed by atoms with Gasteiger partial charge in [0.05, 0.1) is 11.9 Å². The smallest absolute Gasteiger partial charge is 0.262 e. The Bertz CT molecular complexity index is 1160. The average Bonchev–Trinajstić information content (AvgIpc) is 3.18. The summed E-state index contributed by atoms with van der Waals surface area (Å²) >= 11 is 3.32. The van der Waals surface area contributed by atoms with Crippen molar-refractivity contribution in [3.8, 4) is 5.69 Å². The van der Waals surface area contributed by atoms with Gasteiger partial charge in [-0.25, -0.2) is 18.6 Å². The number of halogens is 2. The molecule has 1 amide bonds. The Morgan fingerprint density at radius 1 is 1.33 bits per heavy atom. The lowest BCUT2D eigenvalue weighted by molar-refractivity contribution is 0.102. The maximum Gasteiger partial charge on any atom is 0.262 e. The second-order valence-electron chi connectivity index (χ2n) is 5.79. The van der Waals surface area contributed by atoms with Crippen LogP contribution in [-0.2, 0) is 0 Å². The molecule has 4 aromatic rings. The van der Waals surface area contributed by atoms with E-state index >= 15 is 0 Å². The van der Waals surface area contributed by atoms with Crippen molar-refractivity contribution in [1.29, 1.82) is 0 Å². The van der Waals surface area contributed by atoms with E-state index in [1.165, 1.54) is 21.5 Å². The van der Waals surface area contributed by atoms with Gasteiger partial charge in [0.2, 0.25) is 0 Å². The number of anilines is 2. The summed E-state index contributed by atoms with van der Waals surface area (Å²) in [5, 5.41) is 11.1. The fourth-order valence-corrected chi connectivity index (χ4v) is 3.19. The first kappa shape index (κ1) is 17.2. The Kier molecular flexibility index (Phi) is 4.11. The lowest BCUT2D eigenvalue weighted by atomic mass is 10.3. The van der Waals surface area contributed by atoms with E-state index in [0.717, 1.165) is 0 Å². The zero-order valence-electron chi connectivity index (χ0n) is 14.0. The topological polar surface area (TPSA) is 103 Å². The summed E-state index contributed by atoms with van der Waals surface area (Å²) < 4.78 is 17.6. The highest BCUT2D eigenvalue weighted by Gasteiger charge is 2.19. The summed E-state index contributed by atoms with van der Waals surface area (Å²) in [4.78, 5) is 16.9. The number of benzene rings is 1. The lowest BCUT2D eigenvalue weighted by Gasteiger charge is -2.11. The maximum absolute atomic E-state index is 14.3. The van der Waals surface area contributed by atoms with Crippen molar-refractivity contribution in [2.75, 3.05) is 11.1 Å². The summed E-state index contributed by atoms with van der Waals surface area (Å²) in [5.41, 5.74) is 7.07. The van der Waals surface area contributed by atoms with Crippen LogP contribution in [0.5, 0.6) is 0 Å². The number of aryl methyl sites for hydroxylation is 1. The van der Waals surface area contributed by atoms with Crippen LogP contribution in [0.2, 0.25) is 0 Å². The largest absolute Gasteiger partial charge is 0.384 e. The molecule has 0 aliphatic rings. The number of nitrogens with one attached hydrogen (secondary N) is 1. The second-order valence-corrected chi connectivity index (χ2v) is 6.64. The molecule has 10 heteroatoms. The van der Waals surface area contributed by atoms with Crippen LogP contribution < -0.4 is 11.1 Å². The lowest BCUT2D eigenvalue weighted by Crippen LogP contribution is -2.16. The van der Waals surface area contributed by atoms with Gasteiger partial charge in [-0.15, -0.1) is 0 Å². The van der Waals surface area contributed by atoms with Gasteiger partial charge >= 0.3 is 0 Å². The minimum Gasteiger partial charge on any atom is -0.384 e. The van der Waals surface area contributed by atoms with Crippen LogP contribution in [0.1, 0.15) is 16.1 Å². The fourth-order valence-electron chi connectivity index (χ4n) is 2.68. The van der Waals surface area contributed by atoms with E-state index in [2.05, 4.69) is 36.4 Å². The Balaban J connectivity index is 1.75. The predicted molar refractivity (Wildman–Crippen MR) is 101 cm³/mol. The molecule has 0 spiro atoms. The molecular weight excluding hydrogens is 417 g/mol. The van der Waals surface area contributed by atoms with Crippen molar-refractivity contribution in [2.45, 2.75) is 6.92 Å². The molecule has 0 unspecified atom stereocenters. The third kappa shape index (κ3) is 3.04. The number of nitrogen functional groups attached to an aromatic ring is 1. The molecule has 0 saturated heterocycles. The van der Waals surface area contributed by atoms with E-state index in [1.807, 2.05) is 0 Å². The molecule has 0 radical (unpaired) electrons. The fraction of sp³-hybridized carbons (Fsp3) is 0.0588. The van der Waals surface area contributed by atoms with E-state index < -0.39 is 11.7 Å². The molecule has 8 nitrogen and oxygen atoms in total. The van der Waals surface area contributed by atoms with Gasteiger partial charge in [-0.05, 0) is 41.1 Å². The van der Waals surface area contributed by atoms with E-state index in [0.29, 0.717) is 21.6 Å². The van der Waals surface area contributed by atoms with Crippen molar-refractivity contribution < 1.29 is 9.18 Å². The van der Waals surface area contributed by atoms with Gasteiger partial charge in [0.25, 0.3) is 5.91 Å². The van der Waals surface area contributed by atoms with Crippen LogP contribution in [0.4, 0.5) is 16.0 Å². The number of aromatic nitrogens is 5. The van der Waals surface area contributed by atoms with Gasteiger partial charge in [0, 0.05) is 16.7 Å². The molecular formula is C17H13BrFN7O. The number of hydrogen-bond donors (Lipinski definition) is 2. The molecule has 0 bridgehead atoms. The SMILES string of the molecule is Cc1cc(NC(=O)c2cnn3ccc(N)nc23)n(-c2c(F)cccc2Br)n1. The monoisotopic (exact) mass is 429 g/mol. The van der Waals surface area contributed by atoms with Crippen molar-refractivity contribution in [3.05, 3.63) is 64.3 Å². The Morgan fingerprint density at radius 3 is 2.93 bits per heavy atom. The number of para-hydroxylation sites is 1. The molecule has 27 heavy (non-hydrogen) atoms. The zero-order chi connectivity index (χ0) is 19.1. The molecule has 4 rings (SSSR count). The predicted octanol–water partition coefficient (Wildman–Crippen LogP) is 2.96. The third-order valence-electron chi connectivity index (χ3n) is 3.86. The van der Waals surface area contributed by atoms with Gasteiger partial charge in [0.1, 0.15) is 28.7 Å². The molecule has 136 valence electrons. The van der Waals surface area contributed by atoms with Crippen LogP contribution >= 0.6 is 15.9 Å². The molecule has 0 fully saturated rings. The van der Waals surface area contributed by atoms with E-state index in [4.69, 9.17) is 5.73 Å². The molecule has 1 aromatic carbocycles. The maximum atomic E-state index is 14.3. The van der Waals surface area contributed by atoms with Crippen LogP contribution in [0, 0.1) is 12.7 Å². The molecule has 3 N–H and O–H groups in total. The molecule has 0 atom stereocenters. The van der Waals surface area contributed by atoms with Crippen molar-refractivity contribution in [1.82, 2.24) is 24.4 Å². The number of nitrogens with zero attached hydrogens (tertiary/aromatic N) is 5. The average molecular weight is 430 g/mol. The van der Waals surface area contributed by atoms with Gasteiger partial charge < -0.3 is 11.1 Å². The number of hydrogen-bond acceptors (Lipinski definition) is 5. The number of carbonyl (C=O) groups is 1. The highest BCUT2D eigenvalue weighted by molar-refractivity contribution is 9.10. The number of amides is 1. The van der Waals surface area contributed by atoms with Gasteiger partial charge in [0.15, 0.2) is 5.65 Å². The highest BCUT2D eigenvalue weighted by Crippen LogP contribution is 2.27. The van der Waals surface area contributed by atoms with Crippen LogP contribution in [0.3, 0.4) is 0 Å². The summed E-state index contributed by atoms with van der Waals surface area (Å²) in [6.45, 7) is 1.75. The van der Waals surface area contributed by atoms with Gasteiger partial charge in [-0.2, -0.15) is 10.2 Å². The van der Waals surface area contributed by atoms with Crippen LogP contribution in [-0.4, -0.2) is 30.3 Å². The second kappa shape index (κ2) is 6.47. The van der Waals surface area contributed by atoms with Crippen LogP contribution in [0.25, 0.3) is 11.3 Å². The first-order valence-electron chi connectivity index (χ1n) is 7.86. The first-order chi connectivity index (χ1) is 12.9. The van der Waals surface area contributed by atoms with Crippen molar-refractivity contribution in [3.63, 3.8) is 0 Å². The standard InChI is InChI=1S/C17H13BrFN7O/c1-9-7-14(26(24-9)15-11(18)3-2-4-12(15)19)23-17(27)10-8-21-25-6-5-13(20)22-16(10)25/h2-8H,1H3,(H2,20,22)(H,23,27). The normalized spacial score (nSPS) is 11.1. The van der Waals surface area contributed by atoms with E-state index in [9.17, 15) is 9.18 Å². The molecule has 3 aromatic heterocycles. The number of rotatable bonds is 3. The molecule has 0 aliphatic carbocycles. The van der Waals surface area contributed by atoms with Gasteiger partial charge in [-0.3, -0.25) is 4.79 Å². The zero-order valence-corrected chi connectivity index (χ0v) is 15.6. The summed E-state index contributed by atoms with van der Waals surface area (Å²) in [6.07, 6.45) is 3.00. The minimum atomic E-state index is -0.478. The third-order valence-corrected chi connectivity index (χ3v) is 4.50. The summed E-state index contributed by atoms with van der Waals surface area (Å²) in [5.74, 6) is -0.357. The quantitative estimate of drug-likeness (QED) is 0.520. The minimum absolute atomic E-state index is 0.197. The number of carbonyl (C=O) groups excluding carboxylic acids is 1. The van der Waals surface area contributed by atoms with Crippen LogP contribution in [0.15, 0.2) is 47.2 Å². The summed E-state index contributed by atoms with van der Waals surface area (Å²) in [6, 6.07) is 7.81. The number of fused-ring (bicyclic) bond motifs is 1. The van der Waals surface area contributed by atoms with E-state index in [-0.39, 0.29) is 17.1 Å². The summed E-state index contributed by atoms with van der Waals surface area (Å²) in [7, 11) is 0. The Hall–Kier alpha value is -3.27. The molecule has 0 aliphatic heterocycles. The molecule has 0 saturated carbocycles. The highest BCUT2D eigenvalue weighted by atomic mass is 79.9. The Labute approximate surface area is 160 Å². The molecule has 3 heterocycles. The number of nitrogens with two attached hydrogens (primary N) is 1. The van der Waals surface area contributed by atoms with Gasteiger partial charge in [-0.1, -0.05) is 6.07 Å². The van der Waals surface area contributed by atoms with Crippen molar-refractivity contribution in [2.24, 2.45) is 0 Å². The first-order valence-corrected chi connectivity index (χ1v) is 8.65. The Morgan fingerprint density at radius 2 is 2.15 bits per heavy atom.